The minimum Gasteiger partial charge on any atom is -0.336 e. The minimum atomic E-state index is 0.0468. The zero-order chi connectivity index (χ0) is 13.9. The van der Waals surface area contributed by atoms with E-state index >= 15 is 0 Å². The number of nitrogens with two attached hydrogens (primary N) is 1. The number of nitrogen functional groups attached to an aromatic ring is 1. The van der Waals surface area contributed by atoms with Crippen LogP contribution in [-0.4, -0.2) is 52.9 Å². The first-order valence-corrected chi connectivity index (χ1v) is 7.23. The standard InChI is InChI=1S/C14H21N5O/c15-17-13-9-16-5-4-12(13)14(20)19-8-7-18-6-2-1-3-11(18)10-19/h4-5,9,11,17H,1-3,6-8,10,15H2. The van der Waals surface area contributed by atoms with E-state index in [-0.39, 0.29) is 5.91 Å². The molecule has 2 saturated heterocycles. The predicted molar refractivity (Wildman–Crippen MR) is 77.2 cm³/mol. The summed E-state index contributed by atoms with van der Waals surface area (Å²) in [6.07, 6.45) is 6.97. The van der Waals surface area contributed by atoms with E-state index in [1.54, 1.807) is 18.5 Å². The van der Waals surface area contributed by atoms with Gasteiger partial charge in [0.15, 0.2) is 0 Å². The molecule has 1 amide bonds. The van der Waals surface area contributed by atoms with Gasteiger partial charge in [-0.2, -0.15) is 0 Å². The van der Waals surface area contributed by atoms with Gasteiger partial charge in [-0.05, 0) is 25.5 Å². The van der Waals surface area contributed by atoms with Crippen molar-refractivity contribution in [2.75, 3.05) is 31.6 Å². The number of anilines is 1. The number of aromatic nitrogens is 1. The molecule has 6 nitrogen and oxygen atoms in total. The summed E-state index contributed by atoms with van der Waals surface area (Å²) < 4.78 is 0. The molecule has 0 aromatic carbocycles. The molecule has 1 aromatic heterocycles. The lowest BCUT2D eigenvalue weighted by atomic mass is 9.99. The van der Waals surface area contributed by atoms with Crippen molar-refractivity contribution >= 4 is 11.6 Å². The summed E-state index contributed by atoms with van der Waals surface area (Å²) in [5.74, 6) is 5.50. The van der Waals surface area contributed by atoms with Crippen molar-refractivity contribution in [2.24, 2.45) is 5.84 Å². The number of carbonyl (C=O) groups excluding carboxylic acids is 1. The second-order valence-corrected chi connectivity index (χ2v) is 5.50. The van der Waals surface area contributed by atoms with Crippen LogP contribution in [0.1, 0.15) is 29.6 Å². The molecule has 1 unspecified atom stereocenters. The number of rotatable bonds is 2. The number of pyridine rings is 1. The molecule has 3 heterocycles. The third kappa shape index (κ3) is 2.48. The minimum absolute atomic E-state index is 0.0468. The Kier molecular flexibility index (Phi) is 3.84. The number of piperazine rings is 1. The molecule has 2 aliphatic rings. The Hall–Kier alpha value is -1.66. The van der Waals surface area contributed by atoms with Crippen molar-refractivity contribution in [3.8, 4) is 0 Å². The normalized spacial score (nSPS) is 23.2. The molecule has 3 N–H and O–H groups in total. The van der Waals surface area contributed by atoms with Gasteiger partial charge in [0.1, 0.15) is 0 Å². The Morgan fingerprint density at radius 3 is 3.10 bits per heavy atom. The van der Waals surface area contributed by atoms with Crippen molar-refractivity contribution in [1.82, 2.24) is 14.8 Å². The molecule has 20 heavy (non-hydrogen) atoms. The highest BCUT2D eigenvalue weighted by Gasteiger charge is 2.31. The van der Waals surface area contributed by atoms with E-state index in [2.05, 4.69) is 15.3 Å². The van der Waals surface area contributed by atoms with Crippen LogP contribution in [-0.2, 0) is 0 Å². The van der Waals surface area contributed by atoms with E-state index in [1.165, 1.54) is 25.8 Å². The predicted octanol–water partition coefficient (Wildman–Crippen LogP) is 0.677. The average Bonchev–Trinajstić information content (AvgIpc) is 2.53. The fourth-order valence-corrected chi connectivity index (χ4v) is 3.21. The van der Waals surface area contributed by atoms with Crippen LogP contribution in [0.4, 0.5) is 5.69 Å². The van der Waals surface area contributed by atoms with Gasteiger partial charge in [0.05, 0.1) is 17.4 Å². The quantitative estimate of drug-likeness (QED) is 0.613. The smallest absolute Gasteiger partial charge is 0.256 e. The molecule has 1 atom stereocenters. The average molecular weight is 275 g/mol. The van der Waals surface area contributed by atoms with Gasteiger partial charge in [0.25, 0.3) is 5.91 Å². The van der Waals surface area contributed by atoms with Crippen LogP contribution >= 0.6 is 0 Å². The number of carbonyl (C=O) groups is 1. The van der Waals surface area contributed by atoms with Gasteiger partial charge >= 0.3 is 0 Å². The highest BCUT2D eigenvalue weighted by Crippen LogP contribution is 2.23. The molecule has 0 radical (unpaired) electrons. The number of hydrogen-bond acceptors (Lipinski definition) is 5. The zero-order valence-electron chi connectivity index (χ0n) is 11.6. The number of hydrazine groups is 1. The van der Waals surface area contributed by atoms with Crippen LogP contribution in [0.15, 0.2) is 18.5 Å². The first-order valence-electron chi connectivity index (χ1n) is 7.23. The van der Waals surface area contributed by atoms with Gasteiger partial charge in [-0.3, -0.25) is 20.5 Å². The topological polar surface area (TPSA) is 74.5 Å². The van der Waals surface area contributed by atoms with Gasteiger partial charge in [-0.25, -0.2) is 0 Å². The number of nitrogens with zero attached hydrogens (tertiary/aromatic N) is 3. The molecule has 2 aliphatic heterocycles. The highest BCUT2D eigenvalue weighted by atomic mass is 16.2. The molecule has 1 aromatic rings. The number of hydrogen-bond donors (Lipinski definition) is 2. The lowest BCUT2D eigenvalue weighted by molar-refractivity contribution is 0.0373. The van der Waals surface area contributed by atoms with E-state index < -0.39 is 0 Å². The Balaban J connectivity index is 1.74. The van der Waals surface area contributed by atoms with Crippen molar-refractivity contribution < 1.29 is 4.79 Å². The number of piperidine rings is 1. The van der Waals surface area contributed by atoms with E-state index in [9.17, 15) is 4.79 Å². The second-order valence-electron chi connectivity index (χ2n) is 5.50. The molecule has 0 spiro atoms. The van der Waals surface area contributed by atoms with Crippen LogP contribution in [0, 0.1) is 0 Å². The largest absolute Gasteiger partial charge is 0.336 e. The van der Waals surface area contributed by atoms with Gasteiger partial charge in [0, 0.05) is 31.9 Å². The molecule has 0 bridgehead atoms. The van der Waals surface area contributed by atoms with Crippen molar-refractivity contribution in [2.45, 2.75) is 25.3 Å². The molecular weight excluding hydrogens is 254 g/mol. The molecule has 6 heteroatoms. The molecule has 3 rings (SSSR count). The summed E-state index contributed by atoms with van der Waals surface area (Å²) in [5, 5.41) is 0. The van der Waals surface area contributed by atoms with Crippen LogP contribution in [0.5, 0.6) is 0 Å². The maximum atomic E-state index is 12.6. The second kappa shape index (κ2) is 5.76. The van der Waals surface area contributed by atoms with Gasteiger partial charge in [0.2, 0.25) is 0 Å². The van der Waals surface area contributed by atoms with Gasteiger partial charge < -0.3 is 10.3 Å². The summed E-state index contributed by atoms with van der Waals surface area (Å²) >= 11 is 0. The van der Waals surface area contributed by atoms with E-state index in [0.717, 1.165) is 19.6 Å². The Labute approximate surface area is 118 Å². The molecule has 108 valence electrons. The highest BCUT2D eigenvalue weighted by molar-refractivity contribution is 5.99. The number of amides is 1. The summed E-state index contributed by atoms with van der Waals surface area (Å²) in [7, 11) is 0. The SMILES string of the molecule is NNc1cnccc1C(=O)N1CCN2CCCCC2C1. The zero-order valence-corrected chi connectivity index (χ0v) is 11.6. The van der Waals surface area contributed by atoms with E-state index in [4.69, 9.17) is 5.84 Å². The van der Waals surface area contributed by atoms with Crippen LogP contribution in [0.2, 0.25) is 0 Å². The number of fused-ring (bicyclic) bond motifs is 1. The maximum Gasteiger partial charge on any atom is 0.256 e. The third-order valence-electron chi connectivity index (χ3n) is 4.33. The first kappa shape index (κ1) is 13.3. The van der Waals surface area contributed by atoms with Crippen molar-refractivity contribution in [3.05, 3.63) is 24.0 Å². The summed E-state index contributed by atoms with van der Waals surface area (Å²) in [6, 6.07) is 2.25. The van der Waals surface area contributed by atoms with E-state index in [1.807, 2.05) is 4.90 Å². The fraction of sp³-hybridized carbons (Fsp3) is 0.571. The van der Waals surface area contributed by atoms with Crippen LogP contribution in [0.25, 0.3) is 0 Å². The summed E-state index contributed by atoms with van der Waals surface area (Å²) in [4.78, 5) is 21.1. The van der Waals surface area contributed by atoms with E-state index in [0.29, 0.717) is 17.3 Å². The van der Waals surface area contributed by atoms with Gasteiger partial charge in [-0.1, -0.05) is 6.42 Å². The maximum absolute atomic E-state index is 12.6. The summed E-state index contributed by atoms with van der Waals surface area (Å²) in [6.45, 7) is 3.78. The molecule has 0 aliphatic carbocycles. The monoisotopic (exact) mass is 275 g/mol. The summed E-state index contributed by atoms with van der Waals surface area (Å²) in [5.41, 5.74) is 3.74. The Bertz CT molecular complexity index is 492. The fourth-order valence-electron chi connectivity index (χ4n) is 3.21. The lowest BCUT2D eigenvalue weighted by Crippen LogP contribution is -2.56. The first-order chi connectivity index (χ1) is 9.79. The number of nitrogens with one attached hydrogen (secondary N) is 1. The molecule has 0 saturated carbocycles. The Morgan fingerprint density at radius 1 is 1.35 bits per heavy atom. The molecule has 2 fully saturated rings. The molecular formula is C14H21N5O. The van der Waals surface area contributed by atoms with Gasteiger partial charge in [-0.15, -0.1) is 0 Å². The Morgan fingerprint density at radius 2 is 2.25 bits per heavy atom. The van der Waals surface area contributed by atoms with Crippen LogP contribution < -0.4 is 11.3 Å². The van der Waals surface area contributed by atoms with Crippen molar-refractivity contribution in [3.63, 3.8) is 0 Å². The third-order valence-corrected chi connectivity index (χ3v) is 4.33. The van der Waals surface area contributed by atoms with Crippen molar-refractivity contribution in [1.29, 1.82) is 0 Å². The lowest BCUT2D eigenvalue weighted by Gasteiger charge is -2.44. The van der Waals surface area contributed by atoms with Crippen LogP contribution in [0.3, 0.4) is 0 Å².